The molecule has 4 rings (SSSR count). The van der Waals surface area contributed by atoms with E-state index < -0.39 is 5.79 Å². The lowest BCUT2D eigenvalue weighted by Crippen LogP contribution is -2.51. The Kier molecular flexibility index (Phi) is 4.14. The van der Waals surface area contributed by atoms with E-state index in [0.717, 1.165) is 24.0 Å². The normalized spacial score (nSPS) is 26.8. The van der Waals surface area contributed by atoms with E-state index in [1.807, 2.05) is 32.0 Å². The van der Waals surface area contributed by atoms with Crippen LogP contribution in [0.3, 0.4) is 0 Å². The van der Waals surface area contributed by atoms with Gasteiger partial charge in [-0.3, -0.25) is 14.5 Å². The third-order valence-electron chi connectivity index (χ3n) is 5.53. The first-order valence-corrected chi connectivity index (χ1v) is 8.95. The highest BCUT2D eigenvalue weighted by atomic mass is 16.7. The lowest BCUT2D eigenvalue weighted by molar-refractivity contribution is -0.188. The number of hydrogen-bond acceptors (Lipinski definition) is 5. The number of ether oxygens (including phenoxy) is 2. The van der Waals surface area contributed by atoms with Gasteiger partial charge < -0.3 is 9.47 Å². The van der Waals surface area contributed by atoms with Gasteiger partial charge in [0.1, 0.15) is 0 Å². The molecular formula is C19H24N2O4. The summed E-state index contributed by atoms with van der Waals surface area (Å²) in [5, 5.41) is 0. The maximum atomic E-state index is 13.0. The van der Waals surface area contributed by atoms with Crippen molar-refractivity contribution in [3.63, 3.8) is 0 Å². The van der Waals surface area contributed by atoms with Gasteiger partial charge in [-0.1, -0.05) is 17.7 Å². The topological polar surface area (TPSA) is 59.1 Å². The first-order valence-electron chi connectivity index (χ1n) is 8.95. The van der Waals surface area contributed by atoms with E-state index in [0.29, 0.717) is 32.0 Å². The van der Waals surface area contributed by atoms with Crippen LogP contribution in [0.15, 0.2) is 18.2 Å². The van der Waals surface area contributed by atoms with Crippen LogP contribution < -0.4 is 4.90 Å². The fourth-order valence-electron chi connectivity index (χ4n) is 4.17. The summed E-state index contributed by atoms with van der Waals surface area (Å²) in [5.41, 5.74) is 2.78. The van der Waals surface area contributed by atoms with Crippen molar-refractivity contribution in [1.29, 1.82) is 0 Å². The molecule has 6 nitrogen and oxygen atoms in total. The fourth-order valence-corrected chi connectivity index (χ4v) is 4.17. The monoisotopic (exact) mass is 344 g/mol. The summed E-state index contributed by atoms with van der Waals surface area (Å²) in [7, 11) is 0. The molecule has 1 spiro atoms. The Morgan fingerprint density at radius 2 is 1.76 bits per heavy atom. The van der Waals surface area contributed by atoms with Crippen molar-refractivity contribution in [1.82, 2.24) is 4.90 Å². The minimum Gasteiger partial charge on any atom is -0.347 e. The molecular weight excluding hydrogens is 320 g/mol. The summed E-state index contributed by atoms with van der Waals surface area (Å²) >= 11 is 0. The van der Waals surface area contributed by atoms with Crippen molar-refractivity contribution in [3.8, 4) is 0 Å². The quantitative estimate of drug-likeness (QED) is 0.766. The Morgan fingerprint density at radius 3 is 2.40 bits per heavy atom. The van der Waals surface area contributed by atoms with Gasteiger partial charge in [0.15, 0.2) is 5.79 Å². The number of benzene rings is 1. The van der Waals surface area contributed by atoms with Gasteiger partial charge in [-0.2, -0.15) is 0 Å². The van der Waals surface area contributed by atoms with Crippen molar-refractivity contribution in [2.45, 2.75) is 44.9 Å². The van der Waals surface area contributed by atoms with Crippen LogP contribution >= 0.6 is 0 Å². The first kappa shape index (κ1) is 16.7. The number of carbonyl (C=O) groups excluding carboxylic acids is 2. The van der Waals surface area contributed by atoms with Crippen molar-refractivity contribution < 1.29 is 19.1 Å². The lowest BCUT2D eigenvalue weighted by Gasteiger charge is -2.39. The van der Waals surface area contributed by atoms with Crippen LogP contribution in [0.2, 0.25) is 0 Å². The summed E-state index contributed by atoms with van der Waals surface area (Å²) in [5.74, 6) is -0.688. The molecule has 0 radical (unpaired) electrons. The number of aryl methyl sites for hydroxylation is 2. The number of rotatable bonds is 2. The van der Waals surface area contributed by atoms with Crippen LogP contribution in [0, 0.1) is 13.8 Å². The Morgan fingerprint density at radius 1 is 1.08 bits per heavy atom. The molecule has 6 heteroatoms. The van der Waals surface area contributed by atoms with Gasteiger partial charge >= 0.3 is 0 Å². The highest BCUT2D eigenvalue weighted by Gasteiger charge is 2.47. The average molecular weight is 344 g/mol. The van der Waals surface area contributed by atoms with Crippen LogP contribution in [0.5, 0.6) is 0 Å². The Labute approximate surface area is 147 Å². The number of carbonyl (C=O) groups is 2. The number of hydrogen-bond donors (Lipinski definition) is 0. The SMILES string of the molecule is Cc1ccc(N2C(=O)C[C@H](N3CCC4(CC3)OCCO4)C2=O)c(C)c1. The molecule has 2 amide bonds. The maximum Gasteiger partial charge on any atom is 0.251 e. The molecule has 134 valence electrons. The number of nitrogens with zero attached hydrogens (tertiary/aromatic N) is 2. The molecule has 1 aromatic rings. The fraction of sp³-hybridized carbons (Fsp3) is 0.579. The van der Waals surface area contributed by atoms with E-state index in [1.54, 1.807) is 0 Å². The molecule has 25 heavy (non-hydrogen) atoms. The van der Waals surface area contributed by atoms with Crippen molar-refractivity contribution in [2.75, 3.05) is 31.2 Å². The zero-order valence-electron chi connectivity index (χ0n) is 14.8. The molecule has 0 N–H and O–H groups in total. The minimum absolute atomic E-state index is 0.110. The van der Waals surface area contributed by atoms with Gasteiger partial charge in [-0.05, 0) is 25.5 Å². The lowest BCUT2D eigenvalue weighted by atomic mass is 10.0. The van der Waals surface area contributed by atoms with Gasteiger partial charge in [0.2, 0.25) is 5.91 Å². The molecule has 1 atom stereocenters. The Hall–Kier alpha value is -1.76. The first-order chi connectivity index (χ1) is 12.0. The summed E-state index contributed by atoms with van der Waals surface area (Å²) < 4.78 is 11.5. The van der Waals surface area contributed by atoms with Crippen molar-refractivity contribution >= 4 is 17.5 Å². The van der Waals surface area contributed by atoms with E-state index in [9.17, 15) is 9.59 Å². The average Bonchev–Trinajstić information content (AvgIpc) is 3.15. The molecule has 3 saturated heterocycles. The summed E-state index contributed by atoms with van der Waals surface area (Å²) in [6, 6.07) is 5.44. The second-order valence-corrected chi connectivity index (χ2v) is 7.22. The van der Waals surface area contributed by atoms with Gasteiger partial charge in [-0.15, -0.1) is 0 Å². The van der Waals surface area contributed by atoms with Gasteiger partial charge in [-0.25, -0.2) is 4.90 Å². The molecule has 0 saturated carbocycles. The second kappa shape index (κ2) is 6.20. The van der Waals surface area contributed by atoms with E-state index in [1.165, 1.54) is 4.90 Å². The molecule has 3 heterocycles. The van der Waals surface area contributed by atoms with Crippen molar-refractivity contribution in [2.24, 2.45) is 0 Å². The van der Waals surface area contributed by atoms with Crippen LogP contribution in [0.4, 0.5) is 5.69 Å². The zero-order chi connectivity index (χ0) is 17.6. The molecule has 1 aromatic carbocycles. The largest absolute Gasteiger partial charge is 0.347 e. The highest BCUT2D eigenvalue weighted by Crippen LogP contribution is 2.35. The van der Waals surface area contributed by atoms with Gasteiger partial charge in [0.05, 0.1) is 31.4 Å². The number of imide groups is 1. The second-order valence-electron chi connectivity index (χ2n) is 7.22. The molecule has 0 bridgehead atoms. The molecule has 3 fully saturated rings. The van der Waals surface area contributed by atoms with Crippen LogP contribution in [0.25, 0.3) is 0 Å². The summed E-state index contributed by atoms with van der Waals surface area (Å²) in [6.07, 6.45) is 1.74. The Balaban J connectivity index is 1.50. The number of anilines is 1. The highest BCUT2D eigenvalue weighted by molar-refractivity contribution is 6.22. The molecule has 3 aliphatic heterocycles. The smallest absolute Gasteiger partial charge is 0.251 e. The zero-order valence-corrected chi connectivity index (χ0v) is 14.8. The molecule has 0 unspecified atom stereocenters. The third-order valence-corrected chi connectivity index (χ3v) is 5.53. The van der Waals surface area contributed by atoms with E-state index in [2.05, 4.69) is 4.90 Å². The molecule has 3 aliphatic rings. The Bertz CT molecular complexity index is 701. The maximum absolute atomic E-state index is 13.0. The third kappa shape index (κ3) is 2.88. The van der Waals surface area contributed by atoms with Crippen LogP contribution in [-0.2, 0) is 19.1 Å². The van der Waals surface area contributed by atoms with E-state index in [4.69, 9.17) is 9.47 Å². The molecule has 0 aromatic heterocycles. The number of likely N-dealkylation sites (tertiary alicyclic amines) is 1. The standard InChI is InChI=1S/C19H24N2O4/c1-13-3-4-15(14(2)11-13)21-17(22)12-16(18(21)23)20-7-5-19(6-8-20)24-9-10-25-19/h3-4,11,16H,5-10,12H2,1-2H3/t16-/m0/s1. The number of amides is 2. The predicted octanol–water partition coefficient (Wildman–Crippen LogP) is 1.77. The summed E-state index contributed by atoms with van der Waals surface area (Å²) in [4.78, 5) is 29.0. The van der Waals surface area contributed by atoms with Gasteiger partial charge in [0, 0.05) is 25.9 Å². The number of piperidine rings is 1. The molecule has 0 aliphatic carbocycles. The van der Waals surface area contributed by atoms with E-state index >= 15 is 0 Å². The van der Waals surface area contributed by atoms with Crippen LogP contribution in [0.1, 0.15) is 30.4 Å². The summed E-state index contributed by atoms with van der Waals surface area (Å²) in [6.45, 7) is 6.65. The van der Waals surface area contributed by atoms with Gasteiger partial charge in [0.25, 0.3) is 5.91 Å². The van der Waals surface area contributed by atoms with Crippen molar-refractivity contribution in [3.05, 3.63) is 29.3 Å². The predicted molar refractivity (Wildman–Crippen MR) is 92.3 cm³/mol. The van der Waals surface area contributed by atoms with Crippen LogP contribution in [-0.4, -0.2) is 54.8 Å². The van der Waals surface area contributed by atoms with E-state index in [-0.39, 0.29) is 24.3 Å². The minimum atomic E-state index is -0.463.